The number of aliphatic hydroxyl groups is 13. The molecule has 0 bridgehead atoms. The zero-order valence-corrected chi connectivity index (χ0v) is 51.9. The molecule has 25 unspecified atom stereocenters. The first-order valence-electron chi connectivity index (χ1n) is 31.0. The summed E-state index contributed by atoms with van der Waals surface area (Å²) < 4.78 is 34.5. The summed E-state index contributed by atoms with van der Waals surface area (Å²) in [6.45, 7) is -0.744. The van der Waals surface area contributed by atoms with Crippen LogP contribution < -0.4 is 47.7 Å². The smallest absolute Gasteiger partial charge is 0.306 e. The predicted molar refractivity (Wildman–Crippen MR) is 323 cm³/mol. The number of unbranched alkanes of at least 4 members (excludes halogenated alkanes) is 3. The van der Waals surface area contributed by atoms with E-state index in [9.17, 15) is 95.2 Å². The Hall–Kier alpha value is -6.92. The van der Waals surface area contributed by atoms with Gasteiger partial charge in [-0.3, -0.25) is 39.6 Å². The second kappa shape index (κ2) is 34.8. The summed E-state index contributed by atoms with van der Waals surface area (Å²) in [5.41, 5.74) is 7.39. The van der Waals surface area contributed by atoms with Gasteiger partial charge in [0.2, 0.25) is 36.2 Å². The van der Waals surface area contributed by atoms with Crippen LogP contribution in [0.2, 0.25) is 0 Å². The van der Waals surface area contributed by atoms with Gasteiger partial charge in [-0.15, -0.1) is 0 Å². The Kier molecular flexibility index (Phi) is 27.7. The molecular formula is C59H88N11O25. The number of carbonyl (C=O) groups excluding carboxylic acids is 6. The Morgan fingerprint density at radius 1 is 0.684 bits per heavy atom. The molecule has 36 heteroatoms. The van der Waals surface area contributed by atoms with E-state index >= 15 is 0 Å². The van der Waals surface area contributed by atoms with Crippen molar-refractivity contribution in [2.45, 2.75) is 205 Å². The van der Waals surface area contributed by atoms with Crippen molar-refractivity contribution in [1.82, 2.24) is 42.1 Å². The van der Waals surface area contributed by atoms with E-state index in [1.807, 2.05) is 6.92 Å². The Bertz CT molecular complexity index is 2880. The predicted octanol–water partition coefficient (Wildman–Crippen LogP) is -9.85. The Morgan fingerprint density at radius 2 is 1.29 bits per heavy atom. The molecule has 24 N–H and O–H groups in total. The average Bonchev–Trinajstić information content (AvgIpc) is 1.77. The van der Waals surface area contributed by atoms with Crippen molar-refractivity contribution in [2.24, 2.45) is 5.73 Å². The van der Waals surface area contributed by atoms with Crippen LogP contribution in [-0.4, -0.2) is 305 Å². The van der Waals surface area contributed by atoms with Gasteiger partial charge in [0.25, 0.3) is 0 Å². The van der Waals surface area contributed by atoms with Crippen LogP contribution >= 0.6 is 0 Å². The van der Waals surface area contributed by atoms with E-state index in [1.165, 1.54) is 30.6 Å². The summed E-state index contributed by atoms with van der Waals surface area (Å²) in [6.07, 6.45) is -27.3. The van der Waals surface area contributed by atoms with E-state index in [-0.39, 0.29) is 30.2 Å². The SMILES string of the molecule is CCCCCCC(=O)OC1C(OC2C(CO)OC(Oc3ccc(CC(NC(=O)C(N)C(C)c4ccccc4)C(=O)NC(C(=O)NC(C(=O)NC([C]=O)CO)C(O)C4CNC(=N)N4C4OC(CO)C(O)C(O)C4O)C(O)C4CNC(=N)N4)cc3)C(O)C2O)OC(CO)C(O)C1O. The maximum absolute atomic E-state index is 15.0. The summed E-state index contributed by atoms with van der Waals surface area (Å²) in [5, 5.41) is 175. The van der Waals surface area contributed by atoms with Gasteiger partial charge in [0, 0.05) is 31.8 Å². The maximum atomic E-state index is 15.0. The van der Waals surface area contributed by atoms with Crippen LogP contribution in [0.15, 0.2) is 54.6 Å². The van der Waals surface area contributed by atoms with E-state index in [0.717, 1.165) is 17.7 Å². The molecule has 5 heterocycles. The van der Waals surface area contributed by atoms with E-state index in [0.29, 0.717) is 18.4 Å². The number of rotatable bonds is 32. The highest BCUT2D eigenvalue weighted by molar-refractivity contribution is 5.96. The number of carbonyl (C=O) groups is 5. The molecule has 529 valence electrons. The minimum absolute atomic E-state index is 0.0593. The minimum atomic E-state index is -2.30. The van der Waals surface area contributed by atoms with Crippen LogP contribution in [0.4, 0.5) is 0 Å². The fourth-order valence-corrected chi connectivity index (χ4v) is 11.5. The summed E-state index contributed by atoms with van der Waals surface area (Å²) in [4.78, 5) is 83.7. The maximum Gasteiger partial charge on any atom is 0.306 e. The molecule has 2 aromatic carbocycles. The lowest BCUT2D eigenvalue weighted by Crippen LogP contribution is -2.69. The Balaban J connectivity index is 1.14. The van der Waals surface area contributed by atoms with E-state index in [4.69, 9.17) is 45.0 Å². The van der Waals surface area contributed by atoms with Crippen molar-refractivity contribution in [2.75, 3.05) is 39.5 Å². The fraction of sp³-hybridized carbons (Fsp3) is 0.661. The van der Waals surface area contributed by atoms with Crippen molar-refractivity contribution in [3.8, 4) is 5.75 Å². The zero-order valence-electron chi connectivity index (χ0n) is 51.9. The van der Waals surface area contributed by atoms with Gasteiger partial charge < -0.3 is 143 Å². The van der Waals surface area contributed by atoms with Gasteiger partial charge in [-0.1, -0.05) is 75.6 Å². The van der Waals surface area contributed by atoms with E-state index < -0.39 is 227 Å². The van der Waals surface area contributed by atoms with Gasteiger partial charge >= 0.3 is 5.97 Å². The van der Waals surface area contributed by atoms with Crippen molar-refractivity contribution in [3.05, 3.63) is 65.7 Å². The molecule has 95 heavy (non-hydrogen) atoms. The van der Waals surface area contributed by atoms with Crippen LogP contribution in [-0.2, 0) is 58.9 Å². The monoisotopic (exact) mass is 1350 g/mol. The number of nitrogens with one attached hydrogen (secondary N) is 9. The molecule has 0 aliphatic carbocycles. The second-order valence-corrected chi connectivity index (χ2v) is 23.8. The third kappa shape index (κ3) is 18.4. The van der Waals surface area contributed by atoms with Gasteiger partial charge in [-0.2, -0.15) is 0 Å². The van der Waals surface area contributed by atoms with Gasteiger partial charge in [0.1, 0.15) is 109 Å². The molecule has 5 fully saturated rings. The number of guanidine groups is 2. The van der Waals surface area contributed by atoms with E-state index in [1.54, 1.807) is 37.3 Å². The highest BCUT2D eigenvalue weighted by atomic mass is 16.7. The topological polar surface area (TPSA) is 582 Å². The molecule has 0 aromatic heterocycles. The molecule has 25 atom stereocenters. The number of ether oxygens (including phenoxy) is 6. The number of hydrogen-bond donors (Lipinski definition) is 23. The van der Waals surface area contributed by atoms with E-state index in [2.05, 4.69) is 37.2 Å². The first-order valence-corrected chi connectivity index (χ1v) is 31.0. The Labute approximate surface area is 544 Å². The van der Waals surface area contributed by atoms with Gasteiger partial charge in [-0.05, 0) is 29.7 Å². The molecule has 4 amide bonds. The van der Waals surface area contributed by atoms with Crippen molar-refractivity contribution in [3.63, 3.8) is 0 Å². The van der Waals surface area contributed by atoms with Crippen LogP contribution in [0.1, 0.15) is 63.0 Å². The molecule has 5 aliphatic rings. The second-order valence-electron chi connectivity index (χ2n) is 23.8. The van der Waals surface area contributed by atoms with Gasteiger partial charge in [-0.25, -0.2) is 0 Å². The van der Waals surface area contributed by atoms with Crippen LogP contribution in [0, 0.1) is 10.8 Å². The van der Waals surface area contributed by atoms with Gasteiger partial charge in [0.15, 0.2) is 30.5 Å². The lowest BCUT2D eigenvalue weighted by molar-refractivity contribution is -0.353. The minimum Gasteiger partial charge on any atom is -0.462 e. The number of amides is 4. The first kappa shape index (κ1) is 75.5. The van der Waals surface area contributed by atoms with Crippen LogP contribution in [0.3, 0.4) is 0 Å². The summed E-state index contributed by atoms with van der Waals surface area (Å²) in [7, 11) is 0. The first-order chi connectivity index (χ1) is 45.3. The molecule has 5 saturated heterocycles. The highest BCUT2D eigenvalue weighted by Crippen LogP contribution is 2.33. The Morgan fingerprint density at radius 3 is 1.92 bits per heavy atom. The van der Waals surface area contributed by atoms with Crippen LogP contribution in [0.25, 0.3) is 0 Å². The lowest BCUT2D eigenvalue weighted by atomic mass is 9.93. The van der Waals surface area contributed by atoms with Crippen molar-refractivity contribution >= 4 is 47.8 Å². The van der Waals surface area contributed by atoms with Crippen molar-refractivity contribution < 1.29 is 124 Å². The average molecular weight is 1350 g/mol. The molecule has 1 radical (unpaired) electrons. The number of nitrogens with zero attached hydrogens (tertiary/aromatic N) is 1. The standard InChI is InChI=1S/C59H88N11O25/c1-3-4-5-9-12-36(76)94-50-45(82)43(80)34(23-74)92-57(50)95-49-35(24-75)93-56(48(85)46(49)83)90-29-15-13-26(14-16-29)17-30(66-52(87)37(60)25(2)27-10-7-6-8-11-27)51(86)68-38(40(77)31-18-63-58(61)67-31)54(89)69-39(53(88)65-28(20-71)21-72)41(78)32-19-64-59(62)70(32)55-47(84)44(81)42(79)33(22-73)91-55/h6-8,10-11,13-16,25,28,30-35,37-50,55-57,71,73-75,77-85H,3-5,9,12,17-20,22-24,60H2,1-2H3,(H2,62,64)(H,65,88)(H,66,87)(H,68,86)(H,69,89)(H3,61,63,67). The largest absolute Gasteiger partial charge is 0.462 e. The highest BCUT2D eigenvalue weighted by Gasteiger charge is 2.55. The third-order valence-electron chi connectivity index (χ3n) is 17.2. The molecule has 0 saturated carbocycles. The molecule has 7 rings (SSSR count). The number of nitrogens with two attached hydrogens (primary N) is 1. The molecule has 0 spiro atoms. The fourth-order valence-electron chi connectivity index (χ4n) is 11.5. The molecule has 2 aromatic rings. The zero-order chi connectivity index (χ0) is 69.5. The quantitative estimate of drug-likeness (QED) is 0.0239. The normalized spacial score (nSPS) is 31.7. The summed E-state index contributed by atoms with van der Waals surface area (Å²) in [5.74, 6) is -7.36. The number of esters is 1. The number of benzene rings is 2. The molecular weight excluding hydrogens is 1260 g/mol. The number of aliphatic hydroxyl groups excluding tert-OH is 13. The lowest BCUT2D eigenvalue weighted by Gasteiger charge is -2.46. The van der Waals surface area contributed by atoms with Crippen molar-refractivity contribution in [1.29, 1.82) is 10.8 Å². The number of hydrogen-bond acceptors (Lipinski definition) is 28. The summed E-state index contributed by atoms with van der Waals surface area (Å²) >= 11 is 0. The summed E-state index contributed by atoms with van der Waals surface area (Å²) in [6, 6.07) is 1.80. The molecule has 5 aliphatic heterocycles. The van der Waals surface area contributed by atoms with Crippen LogP contribution in [0.5, 0.6) is 5.75 Å². The molecule has 36 nitrogen and oxygen atoms in total. The third-order valence-corrected chi connectivity index (χ3v) is 17.2. The van der Waals surface area contributed by atoms with Gasteiger partial charge in [0.05, 0.1) is 44.6 Å².